The Morgan fingerprint density at radius 1 is 1.37 bits per heavy atom. The predicted molar refractivity (Wildman–Crippen MR) is 70.5 cm³/mol. The van der Waals surface area contributed by atoms with E-state index in [2.05, 4.69) is 0 Å². The molecule has 2 unspecified atom stereocenters. The van der Waals surface area contributed by atoms with Crippen molar-refractivity contribution in [3.8, 4) is 0 Å². The van der Waals surface area contributed by atoms with Gasteiger partial charge in [0.05, 0.1) is 6.10 Å². The van der Waals surface area contributed by atoms with E-state index in [-0.39, 0.29) is 18.5 Å². The molecule has 0 aliphatic carbocycles. The average Bonchev–Trinajstić information content (AvgIpc) is 2.69. The minimum absolute atomic E-state index is 0.0683. The molecule has 1 aliphatic heterocycles. The van der Waals surface area contributed by atoms with Gasteiger partial charge in [0.1, 0.15) is 6.04 Å². The van der Waals surface area contributed by atoms with Gasteiger partial charge in [0.15, 0.2) is 0 Å². The van der Waals surface area contributed by atoms with Gasteiger partial charge in [-0.15, -0.1) is 0 Å². The van der Waals surface area contributed by atoms with Crippen LogP contribution in [0.15, 0.2) is 18.2 Å². The fourth-order valence-electron chi connectivity index (χ4n) is 2.21. The first-order valence-electron chi connectivity index (χ1n) is 5.73. The van der Waals surface area contributed by atoms with Crippen LogP contribution in [0.2, 0.25) is 5.02 Å². The topological polar surface area (TPSA) is 110 Å². The highest BCUT2D eigenvalue weighted by Crippen LogP contribution is 2.23. The molecule has 2 rings (SSSR count). The highest BCUT2D eigenvalue weighted by Gasteiger charge is 2.38. The van der Waals surface area contributed by atoms with Gasteiger partial charge in [-0.2, -0.15) is 0 Å². The van der Waals surface area contributed by atoms with Gasteiger partial charge in [0.2, 0.25) is 5.91 Å². The number of benzene rings is 1. The van der Waals surface area contributed by atoms with Crippen molar-refractivity contribution in [1.29, 1.82) is 0 Å². The number of hydrogen-bond donors (Lipinski definition) is 3. The van der Waals surface area contributed by atoms with Crippen molar-refractivity contribution in [3.63, 3.8) is 0 Å². The molecule has 0 aromatic heterocycles. The van der Waals surface area contributed by atoms with Gasteiger partial charge in [-0.1, -0.05) is 11.6 Å². The molecule has 102 valence electrons. The Balaban J connectivity index is 2.30. The number of rotatable bonds is 2. The van der Waals surface area contributed by atoms with E-state index in [0.717, 1.165) is 0 Å². The van der Waals surface area contributed by atoms with Crippen LogP contribution in [-0.2, 0) is 4.79 Å². The quantitative estimate of drug-likeness (QED) is 0.663. The minimum atomic E-state index is -0.803. The predicted octanol–water partition coefficient (Wildman–Crippen LogP) is -0.0171. The maximum absolute atomic E-state index is 12.3. The molecule has 1 heterocycles. The second-order valence-corrected chi connectivity index (χ2v) is 4.97. The third-order valence-electron chi connectivity index (χ3n) is 3.04. The molecule has 0 radical (unpaired) electrons. The molecule has 0 spiro atoms. The Morgan fingerprint density at radius 2 is 2.05 bits per heavy atom. The Morgan fingerprint density at radius 3 is 2.63 bits per heavy atom. The lowest BCUT2D eigenvalue weighted by atomic mass is 10.1. The number of amides is 2. The largest absolute Gasteiger partial charge is 0.399 e. The van der Waals surface area contributed by atoms with Crippen LogP contribution >= 0.6 is 11.6 Å². The van der Waals surface area contributed by atoms with Crippen LogP contribution in [0.5, 0.6) is 0 Å². The zero-order valence-corrected chi connectivity index (χ0v) is 10.8. The zero-order valence-electron chi connectivity index (χ0n) is 10.0. The van der Waals surface area contributed by atoms with Crippen LogP contribution in [0.25, 0.3) is 0 Å². The highest BCUT2D eigenvalue weighted by atomic mass is 35.5. The minimum Gasteiger partial charge on any atom is -0.399 e. The van der Waals surface area contributed by atoms with Gasteiger partial charge in [0, 0.05) is 29.2 Å². The molecular weight excluding hydrogens is 270 g/mol. The molecule has 19 heavy (non-hydrogen) atoms. The monoisotopic (exact) mass is 283 g/mol. The number of anilines is 1. The summed E-state index contributed by atoms with van der Waals surface area (Å²) in [6, 6.07) is 3.64. The van der Waals surface area contributed by atoms with E-state index in [9.17, 15) is 14.7 Å². The van der Waals surface area contributed by atoms with Crippen molar-refractivity contribution in [2.75, 3.05) is 12.3 Å². The molecule has 1 fully saturated rings. The highest BCUT2D eigenvalue weighted by molar-refractivity contribution is 6.31. The summed E-state index contributed by atoms with van der Waals surface area (Å²) in [5, 5.41) is 9.90. The van der Waals surface area contributed by atoms with E-state index in [4.69, 9.17) is 23.1 Å². The average molecular weight is 284 g/mol. The molecule has 1 saturated heterocycles. The number of nitrogens with zero attached hydrogens (tertiary/aromatic N) is 1. The molecule has 0 bridgehead atoms. The summed E-state index contributed by atoms with van der Waals surface area (Å²) in [6.07, 6.45) is -0.602. The Kier molecular flexibility index (Phi) is 3.64. The molecular formula is C12H14ClN3O3. The summed E-state index contributed by atoms with van der Waals surface area (Å²) in [5.41, 5.74) is 11.5. The standard InChI is InChI=1S/C12H14ClN3O3/c13-7-1-6(2-8(14)3-7)12(19)16-5-9(17)4-10(16)11(15)18/h1-3,9-10,17H,4-5,14H2,(H2,15,18). The third-order valence-corrected chi connectivity index (χ3v) is 3.25. The summed E-state index contributed by atoms with van der Waals surface area (Å²) >= 11 is 5.84. The third kappa shape index (κ3) is 2.80. The van der Waals surface area contributed by atoms with E-state index < -0.39 is 24.0 Å². The van der Waals surface area contributed by atoms with Gasteiger partial charge in [-0.05, 0) is 18.2 Å². The Bertz CT molecular complexity index is 515. The van der Waals surface area contributed by atoms with Crippen molar-refractivity contribution in [2.45, 2.75) is 18.6 Å². The second kappa shape index (κ2) is 5.07. The number of likely N-dealkylation sites (tertiary alicyclic amines) is 1. The SMILES string of the molecule is NC(=O)C1CC(O)CN1C(=O)c1cc(N)cc(Cl)c1. The number of aliphatic hydroxyl groups excluding tert-OH is 1. The first-order valence-corrected chi connectivity index (χ1v) is 6.10. The van der Waals surface area contributed by atoms with Gasteiger partial charge in [-0.3, -0.25) is 9.59 Å². The summed E-state index contributed by atoms with van der Waals surface area (Å²) in [4.78, 5) is 24.8. The molecule has 2 amide bonds. The summed E-state index contributed by atoms with van der Waals surface area (Å²) in [5.74, 6) is -1.06. The van der Waals surface area contributed by atoms with E-state index in [0.29, 0.717) is 10.7 Å². The molecule has 1 aromatic carbocycles. The Labute approximate surface area is 114 Å². The first kappa shape index (κ1) is 13.6. The smallest absolute Gasteiger partial charge is 0.254 e. The molecule has 1 aliphatic rings. The molecule has 1 aromatic rings. The van der Waals surface area contributed by atoms with Crippen LogP contribution < -0.4 is 11.5 Å². The molecule has 0 saturated carbocycles. The zero-order chi connectivity index (χ0) is 14.2. The fourth-order valence-corrected chi connectivity index (χ4v) is 2.45. The number of nitrogens with two attached hydrogens (primary N) is 2. The maximum atomic E-state index is 12.3. The second-order valence-electron chi connectivity index (χ2n) is 4.54. The number of nitrogen functional groups attached to an aromatic ring is 1. The van der Waals surface area contributed by atoms with Crippen molar-refractivity contribution >= 4 is 29.1 Å². The fraction of sp³-hybridized carbons (Fsp3) is 0.333. The number of carbonyl (C=O) groups excluding carboxylic acids is 2. The number of β-amino-alcohol motifs (C(OH)–C–C–N with tert-alkyl or cyclic N) is 1. The molecule has 5 N–H and O–H groups in total. The van der Waals surface area contributed by atoms with E-state index in [1.807, 2.05) is 0 Å². The lowest BCUT2D eigenvalue weighted by Crippen LogP contribution is -2.43. The Hall–Kier alpha value is -1.79. The number of primary amides is 1. The van der Waals surface area contributed by atoms with E-state index in [1.54, 1.807) is 0 Å². The van der Waals surface area contributed by atoms with Gasteiger partial charge in [-0.25, -0.2) is 0 Å². The number of carbonyl (C=O) groups is 2. The van der Waals surface area contributed by atoms with Crippen molar-refractivity contribution in [2.24, 2.45) is 5.73 Å². The number of halogens is 1. The molecule has 6 nitrogen and oxygen atoms in total. The first-order chi connectivity index (χ1) is 8.88. The van der Waals surface area contributed by atoms with Crippen LogP contribution in [-0.4, -0.2) is 40.5 Å². The van der Waals surface area contributed by atoms with Crippen molar-refractivity contribution in [1.82, 2.24) is 4.90 Å². The maximum Gasteiger partial charge on any atom is 0.254 e. The van der Waals surface area contributed by atoms with E-state index >= 15 is 0 Å². The van der Waals surface area contributed by atoms with Gasteiger partial charge in [0.25, 0.3) is 5.91 Å². The lowest BCUT2D eigenvalue weighted by molar-refractivity contribution is -0.121. The van der Waals surface area contributed by atoms with Crippen molar-refractivity contribution < 1.29 is 14.7 Å². The van der Waals surface area contributed by atoms with Crippen molar-refractivity contribution in [3.05, 3.63) is 28.8 Å². The normalized spacial score (nSPS) is 22.5. The lowest BCUT2D eigenvalue weighted by Gasteiger charge is -2.22. The van der Waals surface area contributed by atoms with Gasteiger partial charge >= 0.3 is 0 Å². The van der Waals surface area contributed by atoms with Crippen LogP contribution in [0.4, 0.5) is 5.69 Å². The number of hydrogen-bond acceptors (Lipinski definition) is 4. The van der Waals surface area contributed by atoms with Crippen LogP contribution in [0.3, 0.4) is 0 Å². The summed E-state index contributed by atoms with van der Waals surface area (Å²) in [6.45, 7) is 0.0683. The summed E-state index contributed by atoms with van der Waals surface area (Å²) in [7, 11) is 0. The molecule has 2 atom stereocenters. The van der Waals surface area contributed by atoms with Crippen LogP contribution in [0.1, 0.15) is 16.8 Å². The summed E-state index contributed by atoms with van der Waals surface area (Å²) < 4.78 is 0. The van der Waals surface area contributed by atoms with E-state index in [1.165, 1.54) is 23.1 Å². The van der Waals surface area contributed by atoms with Crippen LogP contribution in [0, 0.1) is 0 Å². The molecule has 7 heteroatoms. The number of aliphatic hydroxyl groups is 1. The van der Waals surface area contributed by atoms with Gasteiger partial charge < -0.3 is 21.5 Å².